The van der Waals surface area contributed by atoms with Crippen LogP contribution < -0.4 is 16.4 Å². The first-order valence-corrected chi connectivity index (χ1v) is 5.65. The summed E-state index contributed by atoms with van der Waals surface area (Å²) in [6, 6.07) is 2.06. The van der Waals surface area contributed by atoms with Crippen LogP contribution in [-0.4, -0.2) is 48.8 Å². The molecule has 4 unspecified atom stereocenters. The van der Waals surface area contributed by atoms with E-state index in [4.69, 9.17) is 5.73 Å². The van der Waals surface area contributed by atoms with Gasteiger partial charge in [0.15, 0.2) is 0 Å². The van der Waals surface area contributed by atoms with Crippen molar-refractivity contribution in [2.24, 2.45) is 5.73 Å². The Balaban J connectivity index is 1.99. The van der Waals surface area contributed by atoms with Gasteiger partial charge in [0, 0.05) is 37.4 Å². The Bertz CT molecular complexity index is 195. The average Bonchev–Trinajstić information content (AvgIpc) is 2.49. The van der Waals surface area contributed by atoms with Crippen molar-refractivity contribution in [1.29, 1.82) is 0 Å². The van der Waals surface area contributed by atoms with Gasteiger partial charge in [-0.2, -0.15) is 0 Å². The molecule has 4 atom stereocenters. The van der Waals surface area contributed by atoms with Crippen molar-refractivity contribution < 1.29 is 0 Å². The number of rotatable bonds is 1. The molecule has 0 radical (unpaired) electrons. The predicted molar refractivity (Wildman–Crippen MR) is 58.0 cm³/mol. The quantitative estimate of drug-likeness (QED) is 0.522. The number of nitrogens with one attached hydrogen (secondary N) is 2. The van der Waals surface area contributed by atoms with E-state index in [9.17, 15) is 0 Å². The van der Waals surface area contributed by atoms with Gasteiger partial charge in [0.25, 0.3) is 0 Å². The molecule has 2 fully saturated rings. The van der Waals surface area contributed by atoms with Crippen LogP contribution in [0.1, 0.15) is 20.3 Å². The molecule has 0 spiro atoms. The Morgan fingerprint density at radius 1 is 1.36 bits per heavy atom. The SMILES string of the molecule is CC1NCN(C2CCNCC2N)C1C. The van der Waals surface area contributed by atoms with Crippen molar-refractivity contribution in [3.8, 4) is 0 Å². The van der Waals surface area contributed by atoms with Gasteiger partial charge in [-0.25, -0.2) is 0 Å². The molecule has 2 heterocycles. The van der Waals surface area contributed by atoms with Crippen LogP contribution in [0.3, 0.4) is 0 Å². The first-order chi connectivity index (χ1) is 6.70. The van der Waals surface area contributed by atoms with Crippen LogP contribution >= 0.6 is 0 Å². The zero-order valence-electron chi connectivity index (χ0n) is 9.16. The topological polar surface area (TPSA) is 53.3 Å². The Kier molecular flexibility index (Phi) is 3.07. The van der Waals surface area contributed by atoms with Crippen LogP contribution in [0, 0.1) is 0 Å². The van der Waals surface area contributed by atoms with Gasteiger partial charge in [0.2, 0.25) is 0 Å². The summed E-state index contributed by atoms with van der Waals surface area (Å²) in [6.45, 7) is 7.61. The molecule has 4 N–H and O–H groups in total. The van der Waals surface area contributed by atoms with Crippen LogP contribution in [0.5, 0.6) is 0 Å². The molecule has 14 heavy (non-hydrogen) atoms. The number of hydrogen-bond donors (Lipinski definition) is 3. The summed E-state index contributed by atoms with van der Waals surface area (Å²) in [4.78, 5) is 2.52. The molecule has 0 bridgehead atoms. The Morgan fingerprint density at radius 2 is 2.14 bits per heavy atom. The second-order valence-electron chi connectivity index (χ2n) is 4.63. The van der Waals surface area contributed by atoms with E-state index in [1.807, 2.05) is 0 Å². The van der Waals surface area contributed by atoms with E-state index in [1.165, 1.54) is 6.42 Å². The van der Waals surface area contributed by atoms with Crippen LogP contribution in [0.2, 0.25) is 0 Å². The smallest absolute Gasteiger partial charge is 0.0489 e. The zero-order chi connectivity index (χ0) is 10.1. The fraction of sp³-hybridized carbons (Fsp3) is 1.00. The Morgan fingerprint density at radius 3 is 2.71 bits per heavy atom. The molecule has 4 nitrogen and oxygen atoms in total. The predicted octanol–water partition coefficient (Wildman–Crippen LogP) is -0.685. The maximum absolute atomic E-state index is 6.13. The Labute approximate surface area is 86.2 Å². The summed E-state index contributed by atoms with van der Waals surface area (Å²) in [6.07, 6.45) is 1.18. The highest BCUT2D eigenvalue weighted by atomic mass is 15.4. The zero-order valence-corrected chi connectivity index (χ0v) is 9.16. The van der Waals surface area contributed by atoms with Gasteiger partial charge in [-0.1, -0.05) is 0 Å². The average molecular weight is 198 g/mol. The van der Waals surface area contributed by atoms with E-state index in [0.29, 0.717) is 24.2 Å². The maximum atomic E-state index is 6.13. The van der Waals surface area contributed by atoms with Crippen molar-refractivity contribution >= 4 is 0 Å². The van der Waals surface area contributed by atoms with Crippen LogP contribution in [0.15, 0.2) is 0 Å². The number of hydrogen-bond acceptors (Lipinski definition) is 4. The second-order valence-corrected chi connectivity index (χ2v) is 4.63. The van der Waals surface area contributed by atoms with Crippen molar-refractivity contribution in [2.75, 3.05) is 19.8 Å². The van der Waals surface area contributed by atoms with Gasteiger partial charge in [0.1, 0.15) is 0 Å². The first-order valence-electron chi connectivity index (χ1n) is 5.65. The lowest BCUT2D eigenvalue weighted by Crippen LogP contribution is -2.58. The van der Waals surface area contributed by atoms with Crippen LogP contribution in [0.25, 0.3) is 0 Å². The van der Waals surface area contributed by atoms with E-state index in [-0.39, 0.29) is 0 Å². The molecule has 2 aliphatic rings. The highest BCUT2D eigenvalue weighted by molar-refractivity contribution is 4.95. The molecule has 0 aliphatic carbocycles. The van der Waals surface area contributed by atoms with Gasteiger partial charge < -0.3 is 16.4 Å². The summed E-state index contributed by atoms with van der Waals surface area (Å²) in [7, 11) is 0. The molecular formula is C10H22N4. The van der Waals surface area contributed by atoms with E-state index in [0.717, 1.165) is 19.8 Å². The highest BCUT2D eigenvalue weighted by Crippen LogP contribution is 2.19. The molecule has 2 rings (SSSR count). The summed E-state index contributed by atoms with van der Waals surface area (Å²) in [5.74, 6) is 0. The standard InChI is InChI=1S/C10H22N4/c1-7-8(2)14(6-13-7)10-3-4-12-5-9(10)11/h7-10,12-13H,3-6,11H2,1-2H3. The van der Waals surface area contributed by atoms with Gasteiger partial charge in [-0.05, 0) is 26.8 Å². The Hall–Kier alpha value is -0.160. The van der Waals surface area contributed by atoms with E-state index in [1.54, 1.807) is 0 Å². The lowest BCUT2D eigenvalue weighted by molar-refractivity contribution is 0.135. The molecule has 2 saturated heterocycles. The van der Waals surface area contributed by atoms with E-state index >= 15 is 0 Å². The number of piperidine rings is 1. The summed E-state index contributed by atoms with van der Waals surface area (Å²) in [5, 5.41) is 6.83. The number of nitrogens with zero attached hydrogens (tertiary/aromatic N) is 1. The molecule has 4 heteroatoms. The molecule has 0 aromatic carbocycles. The first kappa shape index (κ1) is 10.4. The van der Waals surface area contributed by atoms with Gasteiger partial charge in [0.05, 0.1) is 0 Å². The largest absolute Gasteiger partial charge is 0.325 e. The fourth-order valence-electron chi connectivity index (χ4n) is 2.55. The molecule has 0 amide bonds. The van der Waals surface area contributed by atoms with Crippen molar-refractivity contribution in [2.45, 2.75) is 44.4 Å². The number of nitrogens with two attached hydrogens (primary N) is 1. The van der Waals surface area contributed by atoms with Gasteiger partial charge >= 0.3 is 0 Å². The third kappa shape index (κ3) is 1.80. The maximum Gasteiger partial charge on any atom is 0.0489 e. The van der Waals surface area contributed by atoms with Crippen LogP contribution in [0.4, 0.5) is 0 Å². The van der Waals surface area contributed by atoms with Crippen molar-refractivity contribution in [3.05, 3.63) is 0 Å². The lowest BCUT2D eigenvalue weighted by atomic mass is 9.98. The second kappa shape index (κ2) is 4.14. The van der Waals surface area contributed by atoms with E-state index in [2.05, 4.69) is 29.4 Å². The van der Waals surface area contributed by atoms with Crippen molar-refractivity contribution in [1.82, 2.24) is 15.5 Å². The minimum atomic E-state index is 0.290. The highest BCUT2D eigenvalue weighted by Gasteiger charge is 2.35. The molecule has 0 aromatic rings. The third-order valence-corrected chi connectivity index (χ3v) is 3.76. The summed E-state index contributed by atoms with van der Waals surface area (Å²) < 4.78 is 0. The van der Waals surface area contributed by atoms with E-state index < -0.39 is 0 Å². The molecular weight excluding hydrogens is 176 g/mol. The lowest BCUT2D eigenvalue weighted by Gasteiger charge is -2.38. The minimum absolute atomic E-state index is 0.290. The van der Waals surface area contributed by atoms with Crippen molar-refractivity contribution in [3.63, 3.8) is 0 Å². The van der Waals surface area contributed by atoms with Gasteiger partial charge in [-0.15, -0.1) is 0 Å². The minimum Gasteiger partial charge on any atom is -0.325 e. The van der Waals surface area contributed by atoms with Crippen LogP contribution in [-0.2, 0) is 0 Å². The fourth-order valence-corrected chi connectivity index (χ4v) is 2.55. The summed E-state index contributed by atoms with van der Waals surface area (Å²) in [5.41, 5.74) is 6.13. The monoisotopic (exact) mass is 198 g/mol. The molecule has 2 aliphatic heterocycles. The summed E-state index contributed by atoms with van der Waals surface area (Å²) >= 11 is 0. The molecule has 82 valence electrons. The molecule has 0 aromatic heterocycles. The molecule has 0 saturated carbocycles. The normalized spacial score (nSPS) is 45.6. The van der Waals surface area contributed by atoms with Gasteiger partial charge in [-0.3, -0.25) is 4.90 Å². The third-order valence-electron chi connectivity index (χ3n) is 3.76.